The second kappa shape index (κ2) is 9.22. The Morgan fingerprint density at radius 2 is 1.80 bits per heavy atom. The Morgan fingerprint density at radius 3 is 2.53 bits per heavy atom. The molecule has 30 heavy (non-hydrogen) atoms. The maximum atomic E-state index is 12.7. The number of nitrogens with zero attached hydrogens (tertiary/aromatic N) is 3. The molecule has 1 saturated heterocycles. The van der Waals surface area contributed by atoms with Gasteiger partial charge in [0, 0.05) is 18.7 Å². The molecule has 1 fully saturated rings. The van der Waals surface area contributed by atoms with Gasteiger partial charge in [-0.2, -0.15) is 4.98 Å². The molecule has 156 valence electrons. The molecule has 1 unspecified atom stereocenters. The second-order valence-electron chi connectivity index (χ2n) is 8.16. The molecular weight excluding hydrogens is 376 g/mol. The van der Waals surface area contributed by atoms with Crippen LogP contribution < -0.4 is 5.32 Å². The minimum absolute atomic E-state index is 0.0105. The SMILES string of the molecule is Cc1ccc(CNC(=O)C2CCCN(Cc3nc(-c4ccc(C)cc4)no3)C2)cc1. The lowest BCUT2D eigenvalue weighted by Gasteiger charge is -2.30. The molecule has 1 atom stereocenters. The number of amides is 1. The van der Waals surface area contributed by atoms with Crippen LogP contribution in [0.1, 0.15) is 35.4 Å². The molecule has 0 radical (unpaired) electrons. The van der Waals surface area contributed by atoms with Crippen LogP contribution >= 0.6 is 0 Å². The number of rotatable bonds is 6. The highest BCUT2D eigenvalue weighted by molar-refractivity contribution is 5.79. The van der Waals surface area contributed by atoms with Gasteiger partial charge in [-0.3, -0.25) is 9.69 Å². The van der Waals surface area contributed by atoms with Crippen LogP contribution in [-0.2, 0) is 17.9 Å². The van der Waals surface area contributed by atoms with E-state index in [-0.39, 0.29) is 11.8 Å². The van der Waals surface area contributed by atoms with E-state index in [2.05, 4.69) is 58.5 Å². The third kappa shape index (κ3) is 5.13. The van der Waals surface area contributed by atoms with Crippen LogP contribution in [0, 0.1) is 19.8 Å². The molecule has 0 spiro atoms. The number of hydrogen-bond donors (Lipinski definition) is 1. The molecule has 6 nitrogen and oxygen atoms in total. The number of nitrogens with one attached hydrogen (secondary N) is 1. The predicted octanol–water partition coefficient (Wildman–Crippen LogP) is 3.88. The Labute approximate surface area is 177 Å². The highest BCUT2D eigenvalue weighted by atomic mass is 16.5. The van der Waals surface area contributed by atoms with E-state index in [1.165, 1.54) is 11.1 Å². The average molecular weight is 405 g/mol. The van der Waals surface area contributed by atoms with Crippen LogP contribution in [0.2, 0.25) is 0 Å². The third-order valence-corrected chi connectivity index (χ3v) is 5.60. The fourth-order valence-corrected chi connectivity index (χ4v) is 3.78. The van der Waals surface area contributed by atoms with Crippen LogP contribution in [0.15, 0.2) is 53.1 Å². The monoisotopic (exact) mass is 404 g/mol. The molecule has 1 amide bonds. The van der Waals surface area contributed by atoms with Crippen LogP contribution in [0.5, 0.6) is 0 Å². The van der Waals surface area contributed by atoms with E-state index >= 15 is 0 Å². The van der Waals surface area contributed by atoms with Crippen molar-refractivity contribution in [2.45, 2.75) is 39.8 Å². The normalized spacial score (nSPS) is 17.1. The summed E-state index contributed by atoms with van der Waals surface area (Å²) in [6, 6.07) is 16.3. The largest absolute Gasteiger partial charge is 0.352 e. The van der Waals surface area contributed by atoms with Gasteiger partial charge in [0.15, 0.2) is 0 Å². The second-order valence-corrected chi connectivity index (χ2v) is 8.16. The van der Waals surface area contributed by atoms with E-state index in [4.69, 9.17) is 4.52 Å². The average Bonchev–Trinajstić information content (AvgIpc) is 3.22. The molecule has 0 saturated carbocycles. The smallest absolute Gasteiger partial charge is 0.241 e. The van der Waals surface area contributed by atoms with Crippen molar-refractivity contribution in [2.75, 3.05) is 13.1 Å². The van der Waals surface area contributed by atoms with Crippen LogP contribution in [0.3, 0.4) is 0 Å². The van der Waals surface area contributed by atoms with Crippen LogP contribution in [0.25, 0.3) is 11.4 Å². The highest BCUT2D eigenvalue weighted by Gasteiger charge is 2.26. The van der Waals surface area contributed by atoms with Crippen molar-refractivity contribution in [2.24, 2.45) is 5.92 Å². The zero-order valence-corrected chi connectivity index (χ0v) is 17.6. The molecule has 3 aromatic rings. The topological polar surface area (TPSA) is 71.3 Å². The Bertz CT molecular complexity index is 979. The van der Waals surface area contributed by atoms with Gasteiger partial charge in [0.25, 0.3) is 0 Å². The molecule has 4 rings (SSSR count). The first-order valence-corrected chi connectivity index (χ1v) is 10.5. The number of piperidine rings is 1. The number of likely N-dealkylation sites (tertiary alicyclic amines) is 1. The van der Waals surface area contributed by atoms with Crippen molar-refractivity contribution in [3.63, 3.8) is 0 Å². The molecule has 1 aliphatic rings. The Morgan fingerprint density at radius 1 is 1.10 bits per heavy atom. The van der Waals surface area contributed by atoms with E-state index in [1.54, 1.807) is 0 Å². The van der Waals surface area contributed by atoms with E-state index in [0.717, 1.165) is 30.5 Å². The van der Waals surface area contributed by atoms with E-state index in [1.807, 2.05) is 24.3 Å². The van der Waals surface area contributed by atoms with E-state index in [9.17, 15) is 4.79 Å². The van der Waals surface area contributed by atoms with Gasteiger partial charge in [-0.05, 0) is 38.8 Å². The first-order valence-electron chi connectivity index (χ1n) is 10.5. The Balaban J connectivity index is 1.31. The summed E-state index contributed by atoms with van der Waals surface area (Å²) in [6.45, 7) is 6.90. The lowest BCUT2D eigenvalue weighted by Crippen LogP contribution is -2.42. The van der Waals surface area contributed by atoms with Crippen molar-refractivity contribution in [3.05, 3.63) is 71.1 Å². The molecule has 6 heteroatoms. The number of benzene rings is 2. The van der Waals surface area contributed by atoms with Crippen molar-refractivity contribution in [3.8, 4) is 11.4 Å². The Hall–Kier alpha value is -2.99. The van der Waals surface area contributed by atoms with Gasteiger partial charge in [-0.25, -0.2) is 0 Å². The van der Waals surface area contributed by atoms with Gasteiger partial charge in [-0.1, -0.05) is 64.8 Å². The molecule has 2 aromatic carbocycles. The predicted molar refractivity (Wildman–Crippen MR) is 115 cm³/mol. The number of aryl methyl sites for hydroxylation is 2. The molecule has 1 aromatic heterocycles. The van der Waals surface area contributed by atoms with Gasteiger partial charge in [-0.15, -0.1) is 0 Å². The van der Waals surface area contributed by atoms with Crippen molar-refractivity contribution in [1.82, 2.24) is 20.4 Å². The van der Waals surface area contributed by atoms with Crippen LogP contribution in [-0.4, -0.2) is 34.0 Å². The molecular formula is C24H28N4O2. The lowest BCUT2D eigenvalue weighted by molar-refractivity contribution is -0.127. The lowest BCUT2D eigenvalue weighted by atomic mass is 9.97. The Kier molecular flexibility index (Phi) is 6.23. The summed E-state index contributed by atoms with van der Waals surface area (Å²) in [5.74, 6) is 1.30. The molecule has 0 aliphatic carbocycles. The van der Waals surface area contributed by atoms with Gasteiger partial charge < -0.3 is 9.84 Å². The van der Waals surface area contributed by atoms with Crippen molar-refractivity contribution < 1.29 is 9.32 Å². The van der Waals surface area contributed by atoms with Gasteiger partial charge >= 0.3 is 0 Å². The minimum Gasteiger partial charge on any atom is -0.352 e. The fourth-order valence-electron chi connectivity index (χ4n) is 3.78. The number of aromatic nitrogens is 2. The van der Waals surface area contributed by atoms with Crippen molar-refractivity contribution >= 4 is 5.91 Å². The number of carbonyl (C=O) groups is 1. The molecule has 1 aliphatic heterocycles. The summed E-state index contributed by atoms with van der Waals surface area (Å²) in [6.07, 6.45) is 1.90. The maximum Gasteiger partial charge on any atom is 0.241 e. The van der Waals surface area contributed by atoms with Crippen LogP contribution in [0.4, 0.5) is 0 Å². The van der Waals surface area contributed by atoms with Gasteiger partial charge in [0.05, 0.1) is 12.5 Å². The molecule has 0 bridgehead atoms. The summed E-state index contributed by atoms with van der Waals surface area (Å²) in [4.78, 5) is 19.4. The number of hydrogen-bond acceptors (Lipinski definition) is 5. The zero-order chi connectivity index (χ0) is 20.9. The maximum absolute atomic E-state index is 12.7. The third-order valence-electron chi connectivity index (χ3n) is 5.60. The quantitative estimate of drug-likeness (QED) is 0.675. The van der Waals surface area contributed by atoms with Gasteiger partial charge in [0.2, 0.25) is 17.6 Å². The first kappa shape index (κ1) is 20.3. The summed E-state index contributed by atoms with van der Waals surface area (Å²) < 4.78 is 5.46. The summed E-state index contributed by atoms with van der Waals surface area (Å²) >= 11 is 0. The van der Waals surface area contributed by atoms with Gasteiger partial charge in [0.1, 0.15) is 0 Å². The summed E-state index contributed by atoms with van der Waals surface area (Å²) in [7, 11) is 0. The molecule has 1 N–H and O–H groups in total. The minimum atomic E-state index is -0.0105. The summed E-state index contributed by atoms with van der Waals surface area (Å²) in [5.41, 5.74) is 4.49. The molecule has 2 heterocycles. The first-order chi connectivity index (χ1) is 14.6. The van der Waals surface area contributed by atoms with E-state index < -0.39 is 0 Å². The van der Waals surface area contributed by atoms with E-state index in [0.29, 0.717) is 31.3 Å². The van der Waals surface area contributed by atoms with Crippen molar-refractivity contribution in [1.29, 1.82) is 0 Å². The summed E-state index contributed by atoms with van der Waals surface area (Å²) in [5, 5.41) is 7.20. The standard InChI is InChI=1S/C24H28N4O2/c1-17-5-9-19(10-6-17)14-25-24(29)21-4-3-13-28(15-21)16-22-26-23(27-30-22)20-11-7-18(2)8-12-20/h5-12,21H,3-4,13-16H2,1-2H3,(H,25,29). The highest BCUT2D eigenvalue weighted by Crippen LogP contribution is 2.21. The number of carbonyl (C=O) groups excluding carboxylic acids is 1. The fraction of sp³-hybridized carbons (Fsp3) is 0.375. The zero-order valence-electron chi connectivity index (χ0n) is 17.6.